The van der Waals surface area contributed by atoms with E-state index in [9.17, 15) is 9.59 Å². The second-order valence-electron chi connectivity index (χ2n) is 8.76. The molecule has 0 bridgehead atoms. The molecule has 35 heavy (non-hydrogen) atoms. The number of hydroxylamine groups is 2. The lowest BCUT2D eigenvalue weighted by atomic mass is 10.2. The number of nitrogens with zero attached hydrogens (tertiary/aromatic N) is 3. The summed E-state index contributed by atoms with van der Waals surface area (Å²) in [6, 6.07) is 15.4. The predicted octanol–water partition coefficient (Wildman–Crippen LogP) is 3.66. The van der Waals surface area contributed by atoms with Crippen LogP contribution < -0.4 is 5.32 Å². The molecule has 0 radical (unpaired) electrons. The van der Waals surface area contributed by atoms with Crippen LogP contribution in [0.3, 0.4) is 0 Å². The van der Waals surface area contributed by atoms with Gasteiger partial charge in [-0.2, -0.15) is 0 Å². The van der Waals surface area contributed by atoms with Crippen molar-refractivity contribution in [1.82, 2.24) is 20.2 Å². The van der Waals surface area contributed by atoms with E-state index < -0.39 is 0 Å². The molecule has 1 N–H and O–H groups in total. The summed E-state index contributed by atoms with van der Waals surface area (Å²) in [4.78, 5) is 36.2. The minimum Gasteiger partial charge on any atom is -0.411 e. The van der Waals surface area contributed by atoms with Crippen molar-refractivity contribution in [1.29, 1.82) is 0 Å². The van der Waals surface area contributed by atoms with Gasteiger partial charge in [0.05, 0.1) is 18.2 Å². The number of amides is 2. The Labute approximate surface area is 216 Å². The maximum atomic E-state index is 13.3. The van der Waals surface area contributed by atoms with Gasteiger partial charge in [-0.3, -0.25) is 14.5 Å². The first kappa shape index (κ1) is 25.6. The monoisotopic (exact) mass is 514 g/mol. The number of carbonyl (C=O) groups is 2. The molecule has 1 saturated heterocycles. The van der Waals surface area contributed by atoms with Gasteiger partial charge in [-0.1, -0.05) is 35.9 Å². The Hall–Kier alpha value is -2.52. The topological polar surface area (TPSA) is 65.1 Å². The highest BCUT2D eigenvalue weighted by Gasteiger charge is 2.26. The minimum absolute atomic E-state index is 0.0216. The number of nitrogens with one attached hydrogen (secondary N) is 1. The van der Waals surface area contributed by atoms with Gasteiger partial charge in [-0.05, 0) is 42.8 Å². The summed E-state index contributed by atoms with van der Waals surface area (Å²) in [6.07, 6.45) is 2.10. The van der Waals surface area contributed by atoms with E-state index in [4.69, 9.17) is 16.4 Å². The third kappa shape index (κ3) is 7.01. The predicted molar refractivity (Wildman–Crippen MR) is 139 cm³/mol. The quantitative estimate of drug-likeness (QED) is 0.542. The van der Waals surface area contributed by atoms with Gasteiger partial charge in [0.25, 0.3) is 5.91 Å². The Kier molecular flexibility index (Phi) is 8.73. The van der Waals surface area contributed by atoms with Crippen LogP contribution in [0, 0.1) is 0 Å². The molecule has 2 aromatic carbocycles. The second-order valence-corrected chi connectivity index (χ2v) is 10.3. The zero-order valence-corrected chi connectivity index (χ0v) is 21.6. The molecular formula is C26H31ClN4O3S. The van der Waals surface area contributed by atoms with Gasteiger partial charge >= 0.3 is 0 Å². The average molecular weight is 515 g/mol. The third-order valence-corrected chi connectivity index (χ3v) is 7.57. The molecule has 2 heterocycles. The van der Waals surface area contributed by atoms with Crippen LogP contribution in [0.25, 0.3) is 0 Å². The summed E-state index contributed by atoms with van der Waals surface area (Å²) in [7, 11) is 1.92. The van der Waals surface area contributed by atoms with E-state index in [2.05, 4.69) is 16.3 Å². The van der Waals surface area contributed by atoms with Crippen molar-refractivity contribution in [3.8, 4) is 0 Å². The highest BCUT2D eigenvalue weighted by Crippen LogP contribution is 2.28. The van der Waals surface area contributed by atoms with Gasteiger partial charge in [0.1, 0.15) is 5.76 Å². The number of thioether (sulfide) groups is 1. The fourth-order valence-electron chi connectivity index (χ4n) is 4.14. The van der Waals surface area contributed by atoms with E-state index in [0.29, 0.717) is 44.3 Å². The number of likely N-dealkylation sites (N-methyl/N-ethyl adjacent to an activating group) is 1. The van der Waals surface area contributed by atoms with Crippen LogP contribution in [0.5, 0.6) is 0 Å². The van der Waals surface area contributed by atoms with E-state index in [1.165, 1.54) is 0 Å². The number of carbonyl (C=O) groups excluding carboxylic acids is 2. The first-order chi connectivity index (χ1) is 16.9. The number of halogens is 1. The molecule has 0 aromatic heterocycles. The molecule has 2 aliphatic heterocycles. The van der Waals surface area contributed by atoms with Crippen LogP contribution in [0.2, 0.25) is 5.02 Å². The highest BCUT2D eigenvalue weighted by atomic mass is 35.5. The molecule has 7 nitrogen and oxygen atoms in total. The van der Waals surface area contributed by atoms with Gasteiger partial charge < -0.3 is 15.1 Å². The van der Waals surface area contributed by atoms with Crippen LogP contribution >= 0.6 is 23.4 Å². The van der Waals surface area contributed by atoms with Gasteiger partial charge in [0, 0.05) is 55.4 Å². The number of hydrogen-bond donors (Lipinski definition) is 1. The Balaban J connectivity index is 1.25. The molecule has 0 spiro atoms. The molecule has 0 saturated carbocycles. The SMILES string of the molecule is CC1=CC(CSc2ccccc2C(=O)N2CCN(CC(=O)NCc3ccc(Cl)cc3)CC2)N(C)O1. The lowest BCUT2D eigenvalue weighted by Gasteiger charge is -2.34. The molecule has 0 aliphatic carbocycles. The van der Waals surface area contributed by atoms with E-state index in [1.807, 2.05) is 72.5 Å². The Morgan fingerprint density at radius 1 is 1.09 bits per heavy atom. The number of hydrogen-bond acceptors (Lipinski definition) is 6. The van der Waals surface area contributed by atoms with Gasteiger partial charge in [-0.15, -0.1) is 16.8 Å². The smallest absolute Gasteiger partial charge is 0.255 e. The standard InChI is InChI=1S/C26H31ClN4O3S/c1-19-15-22(29(2)34-19)18-35-24-6-4-3-5-23(24)26(33)31-13-11-30(12-14-31)17-25(32)28-16-20-7-9-21(27)10-8-20/h3-10,15,22H,11-14,16-18H2,1-2H3,(H,28,32). The number of benzene rings is 2. The molecule has 2 aromatic rings. The van der Waals surface area contributed by atoms with Crippen LogP contribution in [0.1, 0.15) is 22.8 Å². The molecule has 186 valence electrons. The molecule has 4 rings (SSSR count). The minimum atomic E-state index is -0.0216. The van der Waals surface area contributed by atoms with Crippen molar-refractivity contribution in [2.24, 2.45) is 0 Å². The molecule has 9 heteroatoms. The Morgan fingerprint density at radius 2 is 1.80 bits per heavy atom. The van der Waals surface area contributed by atoms with Crippen LogP contribution in [-0.4, -0.2) is 78.2 Å². The lowest BCUT2D eigenvalue weighted by Crippen LogP contribution is -2.51. The Morgan fingerprint density at radius 3 is 2.49 bits per heavy atom. The number of rotatable bonds is 8. The number of piperazine rings is 1. The number of allylic oxidation sites excluding steroid dienone is 1. The lowest BCUT2D eigenvalue weighted by molar-refractivity contribution is -0.122. The van der Waals surface area contributed by atoms with Crippen molar-refractivity contribution in [3.63, 3.8) is 0 Å². The maximum Gasteiger partial charge on any atom is 0.255 e. The average Bonchev–Trinajstić information content (AvgIpc) is 3.19. The first-order valence-corrected chi connectivity index (χ1v) is 13.1. The molecule has 1 fully saturated rings. The van der Waals surface area contributed by atoms with Crippen molar-refractivity contribution >= 4 is 35.2 Å². The van der Waals surface area contributed by atoms with Crippen LogP contribution in [0.15, 0.2) is 65.3 Å². The van der Waals surface area contributed by atoms with Crippen molar-refractivity contribution < 1.29 is 14.4 Å². The normalized spacial score (nSPS) is 18.8. The fourth-order valence-corrected chi connectivity index (χ4v) is 5.41. The second kappa shape index (κ2) is 11.9. The van der Waals surface area contributed by atoms with Gasteiger partial charge in [0.15, 0.2) is 0 Å². The molecule has 2 aliphatic rings. The highest BCUT2D eigenvalue weighted by molar-refractivity contribution is 7.99. The van der Waals surface area contributed by atoms with E-state index in [-0.39, 0.29) is 17.9 Å². The Bertz CT molecular complexity index is 1070. The molecular weight excluding hydrogens is 484 g/mol. The summed E-state index contributed by atoms with van der Waals surface area (Å²) >= 11 is 7.58. The molecule has 2 amide bonds. The first-order valence-electron chi connectivity index (χ1n) is 11.7. The maximum absolute atomic E-state index is 13.3. The van der Waals surface area contributed by atoms with Crippen molar-refractivity contribution in [2.45, 2.75) is 24.4 Å². The summed E-state index contributed by atoms with van der Waals surface area (Å²) < 4.78 is 0. The molecule has 1 atom stereocenters. The zero-order valence-electron chi connectivity index (χ0n) is 20.1. The van der Waals surface area contributed by atoms with Crippen LogP contribution in [0.4, 0.5) is 0 Å². The van der Waals surface area contributed by atoms with Gasteiger partial charge in [-0.25, -0.2) is 0 Å². The van der Waals surface area contributed by atoms with Gasteiger partial charge in [0.2, 0.25) is 5.91 Å². The van der Waals surface area contributed by atoms with Crippen LogP contribution in [-0.2, 0) is 16.2 Å². The van der Waals surface area contributed by atoms with Crippen molar-refractivity contribution in [2.75, 3.05) is 45.5 Å². The van der Waals surface area contributed by atoms with E-state index in [1.54, 1.807) is 11.8 Å². The van der Waals surface area contributed by atoms with E-state index >= 15 is 0 Å². The van der Waals surface area contributed by atoms with Crippen molar-refractivity contribution in [3.05, 3.63) is 76.5 Å². The molecule has 1 unspecified atom stereocenters. The van der Waals surface area contributed by atoms with E-state index in [0.717, 1.165) is 27.5 Å². The summed E-state index contributed by atoms with van der Waals surface area (Å²) in [5, 5.41) is 5.48. The zero-order chi connectivity index (χ0) is 24.8. The summed E-state index contributed by atoms with van der Waals surface area (Å²) in [6.45, 7) is 5.29. The fraction of sp³-hybridized carbons (Fsp3) is 0.385. The largest absolute Gasteiger partial charge is 0.411 e. The summed E-state index contributed by atoms with van der Waals surface area (Å²) in [5.74, 6) is 1.73. The third-order valence-electron chi connectivity index (χ3n) is 6.14. The summed E-state index contributed by atoms with van der Waals surface area (Å²) in [5.41, 5.74) is 1.74.